The topological polar surface area (TPSA) is 75.8 Å². The number of amides is 1. The van der Waals surface area contributed by atoms with Crippen LogP contribution in [-0.4, -0.2) is 42.2 Å². The van der Waals surface area contributed by atoms with Crippen molar-refractivity contribution in [2.24, 2.45) is 5.73 Å². The fraction of sp³-hybridized carbons (Fsp3) is 0.417. The molecule has 0 spiro atoms. The highest BCUT2D eigenvalue weighted by atomic mass is 16.5. The van der Waals surface area contributed by atoms with Crippen LogP contribution in [0, 0.1) is 0 Å². The van der Waals surface area contributed by atoms with Gasteiger partial charge in [-0.3, -0.25) is 4.79 Å². The summed E-state index contributed by atoms with van der Waals surface area (Å²) in [5.74, 6) is 0.320. The van der Waals surface area contributed by atoms with E-state index in [1.807, 2.05) is 0 Å². The fourth-order valence-corrected chi connectivity index (χ4v) is 1.96. The third kappa shape index (κ3) is 2.34. The zero-order valence-electron chi connectivity index (χ0n) is 9.72. The highest BCUT2D eigenvalue weighted by molar-refractivity contribution is 5.97. The minimum atomic E-state index is -0.200. The number of hydrogen-bond acceptors (Lipinski definition) is 4. The van der Waals surface area contributed by atoms with Crippen LogP contribution in [0.2, 0.25) is 0 Å². The summed E-state index contributed by atoms with van der Waals surface area (Å²) in [6.45, 7) is 1.17. The Labute approximate surface area is 99.8 Å². The van der Waals surface area contributed by atoms with Crippen molar-refractivity contribution in [3.63, 3.8) is 0 Å². The lowest BCUT2D eigenvalue weighted by Gasteiger charge is -2.16. The number of benzene rings is 1. The molecule has 0 radical (unpaired) electrons. The van der Waals surface area contributed by atoms with Crippen LogP contribution in [0.4, 0.5) is 0 Å². The Morgan fingerprint density at radius 1 is 1.59 bits per heavy atom. The SMILES string of the molecule is COc1ccc(O)c(C(=O)N2CC[C@@H](N)C2)c1. The molecule has 5 heteroatoms. The molecule has 1 fully saturated rings. The minimum absolute atomic E-state index is 0.0312. The zero-order chi connectivity index (χ0) is 12.4. The molecular weight excluding hydrogens is 220 g/mol. The largest absolute Gasteiger partial charge is 0.507 e. The van der Waals surface area contributed by atoms with Gasteiger partial charge < -0.3 is 20.5 Å². The van der Waals surface area contributed by atoms with Gasteiger partial charge in [-0.25, -0.2) is 0 Å². The molecule has 0 saturated carbocycles. The number of ether oxygens (including phenoxy) is 1. The van der Waals surface area contributed by atoms with Crippen LogP contribution < -0.4 is 10.5 Å². The van der Waals surface area contributed by atoms with Gasteiger partial charge in [-0.15, -0.1) is 0 Å². The van der Waals surface area contributed by atoms with Crippen LogP contribution in [-0.2, 0) is 0 Å². The van der Waals surface area contributed by atoms with E-state index in [0.29, 0.717) is 18.8 Å². The molecule has 1 amide bonds. The molecule has 0 bridgehead atoms. The van der Waals surface area contributed by atoms with Gasteiger partial charge in [0.25, 0.3) is 5.91 Å². The summed E-state index contributed by atoms with van der Waals surface area (Å²) in [4.78, 5) is 13.8. The Morgan fingerprint density at radius 3 is 2.94 bits per heavy atom. The standard InChI is InChI=1S/C12H16N2O3/c1-17-9-2-3-11(15)10(6-9)12(16)14-5-4-8(13)7-14/h2-3,6,8,15H,4-5,7,13H2,1H3/t8-/m1/s1. The normalized spacial score (nSPS) is 19.4. The van der Waals surface area contributed by atoms with E-state index >= 15 is 0 Å². The van der Waals surface area contributed by atoms with Crippen molar-refractivity contribution in [2.45, 2.75) is 12.5 Å². The average molecular weight is 236 g/mol. The third-order valence-electron chi connectivity index (χ3n) is 2.95. The van der Waals surface area contributed by atoms with Crippen LogP contribution >= 0.6 is 0 Å². The van der Waals surface area contributed by atoms with Crippen LogP contribution in [0.25, 0.3) is 0 Å². The molecule has 17 heavy (non-hydrogen) atoms. The number of nitrogens with zero attached hydrogens (tertiary/aromatic N) is 1. The fourth-order valence-electron chi connectivity index (χ4n) is 1.96. The number of carbonyl (C=O) groups excluding carboxylic acids is 1. The third-order valence-corrected chi connectivity index (χ3v) is 2.95. The molecule has 1 aliphatic rings. The molecule has 5 nitrogen and oxygen atoms in total. The number of carbonyl (C=O) groups is 1. The first-order chi connectivity index (χ1) is 8.11. The molecule has 92 valence electrons. The summed E-state index contributed by atoms with van der Waals surface area (Å²) in [7, 11) is 1.52. The summed E-state index contributed by atoms with van der Waals surface area (Å²) in [5, 5.41) is 9.69. The van der Waals surface area contributed by atoms with E-state index in [0.717, 1.165) is 6.42 Å². The van der Waals surface area contributed by atoms with Gasteiger partial charge in [-0.2, -0.15) is 0 Å². The number of methoxy groups -OCH3 is 1. The Balaban J connectivity index is 2.24. The van der Waals surface area contributed by atoms with E-state index in [4.69, 9.17) is 10.5 Å². The number of hydrogen-bond donors (Lipinski definition) is 2. The maximum absolute atomic E-state index is 12.1. The lowest BCUT2D eigenvalue weighted by Crippen LogP contribution is -2.31. The maximum atomic E-state index is 12.1. The van der Waals surface area contributed by atoms with Gasteiger partial charge in [-0.05, 0) is 24.6 Å². The van der Waals surface area contributed by atoms with E-state index in [-0.39, 0.29) is 23.3 Å². The molecule has 1 aliphatic heterocycles. The average Bonchev–Trinajstić information content (AvgIpc) is 2.76. The number of rotatable bonds is 2. The number of phenols is 1. The first-order valence-corrected chi connectivity index (χ1v) is 5.53. The van der Waals surface area contributed by atoms with Gasteiger partial charge in [-0.1, -0.05) is 0 Å². The van der Waals surface area contributed by atoms with E-state index in [1.54, 1.807) is 17.0 Å². The molecule has 0 unspecified atom stereocenters. The predicted molar refractivity (Wildman–Crippen MR) is 63.2 cm³/mol. The van der Waals surface area contributed by atoms with Crippen molar-refractivity contribution in [2.75, 3.05) is 20.2 Å². The van der Waals surface area contributed by atoms with Crippen LogP contribution in [0.1, 0.15) is 16.8 Å². The Bertz CT molecular complexity index is 434. The predicted octanol–water partition coefficient (Wildman–Crippen LogP) is 0.574. The molecule has 0 aliphatic carbocycles. The first kappa shape index (κ1) is 11.7. The van der Waals surface area contributed by atoms with Gasteiger partial charge in [0.15, 0.2) is 0 Å². The van der Waals surface area contributed by atoms with Crippen LogP contribution in [0.15, 0.2) is 18.2 Å². The first-order valence-electron chi connectivity index (χ1n) is 5.53. The summed E-state index contributed by atoms with van der Waals surface area (Å²) in [6.07, 6.45) is 0.802. The second-order valence-electron chi connectivity index (χ2n) is 4.18. The van der Waals surface area contributed by atoms with Crippen molar-refractivity contribution >= 4 is 5.91 Å². The summed E-state index contributed by atoms with van der Waals surface area (Å²) in [5.41, 5.74) is 6.02. The molecule has 1 saturated heterocycles. The highest BCUT2D eigenvalue weighted by Gasteiger charge is 2.26. The second kappa shape index (κ2) is 4.63. The number of nitrogens with two attached hydrogens (primary N) is 1. The molecule has 1 atom stereocenters. The Kier molecular flexibility index (Phi) is 3.19. The van der Waals surface area contributed by atoms with Gasteiger partial charge in [0.05, 0.1) is 12.7 Å². The molecular formula is C12H16N2O3. The highest BCUT2D eigenvalue weighted by Crippen LogP contribution is 2.25. The minimum Gasteiger partial charge on any atom is -0.507 e. The lowest BCUT2D eigenvalue weighted by atomic mass is 10.1. The molecule has 1 heterocycles. The van der Waals surface area contributed by atoms with Gasteiger partial charge in [0.2, 0.25) is 0 Å². The quantitative estimate of drug-likeness (QED) is 0.787. The maximum Gasteiger partial charge on any atom is 0.257 e. The van der Waals surface area contributed by atoms with Crippen LogP contribution in [0.3, 0.4) is 0 Å². The van der Waals surface area contributed by atoms with Crippen molar-refractivity contribution in [1.29, 1.82) is 0 Å². The van der Waals surface area contributed by atoms with Gasteiger partial charge >= 0.3 is 0 Å². The van der Waals surface area contributed by atoms with Crippen molar-refractivity contribution in [3.8, 4) is 11.5 Å². The smallest absolute Gasteiger partial charge is 0.257 e. The molecule has 0 aromatic heterocycles. The molecule has 3 N–H and O–H groups in total. The molecule has 1 aromatic rings. The monoisotopic (exact) mass is 236 g/mol. The van der Waals surface area contributed by atoms with Crippen molar-refractivity contribution in [1.82, 2.24) is 4.90 Å². The van der Waals surface area contributed by atoms with Crippen molar-refractivity contribution in [3.05, 3.63) is 23.8 Å². The second-order valence-corrected chi connectivity index (χ2v) is 4.18. The molecule has 2 rings (SSSR count). The van der Waals surface area contributed by atoms with Crippen LogP contribution in [0.5, 0.6) is 11.5 Å². The molecule has 1 aromatic carbocycles. The van der Waals surface area contributed by atoms with E-state index in [1.165, 1.54) is 13.2 Å². The summed E-state index contributed by atoms with van der Waals surface area (Å²) >= 11 is 0. The number of likely N-dealkylation sites (tertiary alicyclic amines) is 1. The lowest BCUT2D eigenvalue weighted by molar-refractivity contribution is 0.0787. The number of phenolic OH excluding ortho intramolecular Hbond substituents is 1. The Morgan fingerprint density at radius 2 is 2.35 bits per heavy atom. The number of aromatic hydroxyl groups is 1. The van der Waals surface area contributed by atoms with E-state index in [2.05, 4.69) is 0 Å². The summed E-state index contributed by atoms with van der Waals surface area (Å²) < 4.78 is 5.04. The van der Waals surface area contributed by atoms with Gasteiger partial charge in [0.1, 0.15) is 11.5 Å². The zero-order valence-corrected chi connectivity index (χ0v) is 9.72. The van der Waals surface area contributed by atoms with E-state index in [9.17, 15) is 9.90 Å². The van der Waals surface area contributed by atoms with Crippen molar-refractivity contribution < 1.29 is 14.6 Å². The Hall–Kier alpha value is -1.75. The van der Waals surface area contributed by atoms with Gasteiger partial charge in [0, 0.05) is 19.1 Å². The summed E-state index contributed by atoms with van der Waals surface area (Å²) in [6, 6.07) is 4.65. The van der Waals surface area contributed by atoms with E-state index < -0.39 is 0 Å².